The summed E-state index contributed by atoms with van der Waals surface area (Å²) in [7, 11) is 0. The predicted octanol–water partition coefficient (Wildman–Crippen LogP) is 2.92. The Morgan fingerprint density at radius 2 is 2.00 bits per heavy atom. The number of nitrogens with zero attached hydrogens (tertiary/aromatic N) is 3. The van der Waals surface area contributed by atoms with E-state index in [0.29, 0.717) is 23.6 Å². The molecule has 0 bridgehead atoms. The summed E-state index contributed by atoms with van der Waals surface area (Å²) in [6.07, 6.45) is 6.12. The molecule has 1 amide bonds. The van der Waals surface area contributed by atoms with E-state index in [1.54, 1.807) is 24.3 Å². The van der Waals surface area contributed by atoms with Crippen LogP contribution in [-0.4, -0.2) is 22.6 Å². The minimum Gasteiger partial charge on any atom is -0.349 e. The fraction of sp³-hybridized carbons (Fsp3) is 0.412. The number of nitriles is 1. The van der Waals surface area contributed by atoms with Gasteiger partial charge in [-0.3, -0.25) is 4.79 Å². The highest BCUT2D eigenvalue weighted by Gasteiger charge is 2.18. The molecule has 1 saturated carbocycles. The van der Waals surface area contributed by atoms with Crippen molar-refractivity contribution in [1.29, 1.82) is 5.26 Å². The van der Waals surface area contributed by atoms with Gasteiger partial charge in [-0.1, -0.05) is 24.4 Å². The maximum absolute atomic E-state index is 12.1. The van der Waals surface area contributed by atoms with Crippen LogP contribution in [0, 0.1) is 17.2 Å². The Balaban J connectivity index is 1.61. The third-order valence-electron chi connectivity index (χ3n) is 4.17. The van der Waals surface area contributed by atoms with Gasteiger partial charge in [0.2, 0.25) is 0 Å². The van der Waals surface area contributed by atoms with Crippen molar-refractivity contribution in [2.45, 2.75) is 32.1 Å². The minimum atomic E-state index is -0.306. The van der Waals surface area contributed by atoms with Crippen LogP contribution in [0.3, 0.4) is 0 Å². The molecule has 0 aliphatic heterocycles. The molecule has 2 aromatic rings. The second-order valence-electron chi connectivity index (χ2n) is 5.83. The smallest absolute Gasteiger partial charge is 0.292 e. The Bertz CT molecular complexity index is 709. The summed E-state index contributed by atoms with van der Waals surface area (Å²) in [5.41, 5.74) is 1.24. The number of rotatable bonds is 4. The summed E-state index contributed by atoms with van der Waals surface area (Å²) in [6.45, 7) is 0.666. The van der Waals surface area contributed by atoms with Gasteiger partial charge in [0.15, 0.2) is 0 Å². The second-order valence-corrected chi connectivity index (χ2v) is 5.83. The first-order valence-corrected chi connectivity index (χ1v) is 7.88. The van der Waals surface area contributed by atoms with Gasteiger partial charge in [-0.15, -0.1) is 0 Å². The van der Waals surface area contributed by atoms with Crippen molar-refractivity contribution in [3.05, 3.63) is 35.7 Å². The van der Waals surface area contributed by atoms with Gasteiger partial charge in [-0.05, 0) is 43.0 Å². The second kappa shape index (κ2) is 7.05. The first kappa shape index (κ1) is 15.2. The number of carbonyl (C=O) groups is 1. The van der Waals surface area contributed by atoms with E-state index in [2.05, 4.69) is 15.5 Å². The Hall–Kier alpha value is -2.68. The first-order chi connectivity index (χ1) is 11.3. The van der Waals surface area contributed by atoms with Crippen molar-refractivity contribution in [3.8, 4) is 17.5 Å². The molecular formula is C17H18N4O2. The fourth-order valence-electron chi connectivity index (χ4n) is 2.83. The van der Waals surface area contributed by atoms with E-state index in [4.69, 9.17) is 9.78 Å². The predicted molar refractivity (Wildman–Crippen MR) is 83.4 cm³/mol. The van der Waals surface area contributed by atoms with E-state index < -0.39 is 0 Å². The molecule has 0 saturated heterocycles. The highest BCUT2D eigenvalue weighted by molar-refractivity contribution is 5.90. The number of benzene rings is 1. The summed E-state index contributed by atoms with van der Waals surface area (Å²) < 4.78 is 5.13. The number of carbonyl (C=O) groups excluding carboxylic acids is 1. The summed E-state index contributed by atoms with van der Waals surface area (Å²) in [4.78, 5) is 16.2. The Labute approximate surface area is 134 Å². The maximum atomic E-state index is 12.1. The lowest BCUT2D eigenvalue weighted by atomic mass is 9.89. The summed E-state index contributed by atoms with van der Waals surface area (Å²) >= 11 is 0. The number of nitrogens with one attached hydrogen (secondary N) is 1. The van der Waals surface area contributed by atoms with Gasteiger partial charge in [0.25, 0.3) is 17.6 Å². The van der Waals surface area contributed by atoms with Crippen molar-refractivity contribution in [1.82, 2.24) is 15.5 Å². The molecule has 1 N–H and O–H groups in total. The van der Waals surface area contributed by atoms with E-state index in [1.807, 2.05) is 6.07 Å². The van der Waals surface area contributed by atoms with Crippen molar-refractivity contribution in [2.75, 3.05) is 6.54 Å². The molecule has 1 aliphatic rings. The van der Waals surface area contributed by atoms with Crippen molar-refractivity contribution >= 4 is 5.91 Å². The normalized spacial score (nSPS) is 15.1. The maximum Gasteiger partial charge on any atom is 0.292 e. The molecule has 1 aliphatic carbocycles. The minimum absolute atomic E-state index is 0.0418. The Morgan fingerprint density at radius 3 is 2.70 bits per heavy atom. The topological polar surface area (TPSA) is 91.8 Å². The number of aromatic nitrogens is 2. The molecule has 6 nitrogen and oxygen atoms in total. The molecule has 1 heterocycles. The van der Waals surface area contributed by atoms with Crippen LogP contribution >= 0.6 is 0 Å². The number of hydrogen-bond acceptors (Lipinski definition) is 5. The monoisotopic (exact) mass is 310 g/mol. The standard InChI is InChI=1S/C17H18N4O2/c18-10-12-6-8-14(9-7-12)17-20-15(21-23-17)16(22)19-11-13-4-2-1-3-5-13/h6-9,13H,1-5,11H2,(H,19,22). The Morgan fingerprint density at radius 1 is 1.26 bits per heavy atom. The highest BCUT2D eigenvalue weighted by atomic mass is 16.5. The number of amides is 1. The van der Waals surface area contributed by atoms with E-state index in [-0.39, 0.29) is 17.6 Å². The zero-order valence-electron chi connectivity index (χ0n) is 12.8. The number of hydrogen-bond donors (Lipinski definition) is 1. The molecule has 0 spiro atoms. The largest absolute Gasteiger partial charge is 0.349 e. The van der Waals surface area contributed by atoms with Crippen molar-refractivity contribution < 1.29 is 9.32 Å². The van der Waals surface area contributed by atoms with Crippen LogP contribution in [0.1, 0.15) is 48.3 Å². The van der Waals surface area contributed by atoms with Crippen LogP contribution in [0.25, 0.3) is 11.5 Å². The third-order valence-corrected chi connectivity index (χ3v) is 4.17. The molecule has 1 aromatic carbocycles. The average molecular weight is 310 g/mol. The van der Waals surface area contributed by atoms with E-state index in [1.165, 1.54) is 32.1 Å². The lowest BCUT2D eigenvalue weighted by Crippen LogP contribution is -2.30. The Kier molecular flexibility index (Phi) is 4.67. The van der Waals surface area contributed by atoms with Gasteiger partial charge in [-0.2, -0.15) is 10.2 Å². The quantitative estimate of drug-likeness (QED) is 0.937. The van der Waals surface area contributed by atoms with Crippen LogP contribution in [0.15, 0.2) is 28.8 Å². The average Bonchev–Trinajstić information content (AvgIpc) is 3.11. The summed E-state index contributed by atoms with van der Waals surface area (Å²) in [6, 6.07) is 8.82. The van der Waals surface area contributed by atoms with Crippen LogP contribution in [0.2, 0.25) is 0 Å². The summed E-state index contributed by atoms with van der Waals surface area (Å²) in [5.74, 6) is 0.564. The fourth-order valence-corrected chi connectivity index (χ4v) is 2.83. The van der Waals surface area contributed by atoms with E-state index in [9.17, 15) is 4.79 Å². The molecule has 3 rings (SSSR count). The van der Waals surface area contributed by atoms with Gasteiger partial charge in [0, 0.05) is 12.1 Å². The molecule has 6 heteroatoms. The van der Waals surface area contributed by atoms with Gasteiger partial charge in [-0.25, -0.2) is 0 Å². The first-order valence-electron chi connectivity index (χ1n) is 7.88. The molecule has 1 fully saturated rings. The molecule has 0 atom stereocenters. The molecular weight excluding hydrogens is 292 g/mol. The molecule has 23 heavy (non-hydrogen) atoms. The van der Waals surface area contributed by atoms with E-state index >= 15 is 0 Å². The van der Waals surface area contributed by atoms with Gasteiger partial charge in [0.1, 0.15) is 0 Å². The van der Waals surface area contributed by atoms with Crippen molar-refractivity contribution in [3.63, 3.8) is 0 Å². The third kappa shape index (κ3) is 3.75. The van der Waals surface area contributed by atoms with Gasteiger partial charge >= 0.3 is 0 Å². The van der Waals surface area contributed by atoms with E-state index in [0.717, 1.165) is 0 Å². The SMILES string of the molecule is N#Cc1ccc(-c2nc(C(=O)NCC3CCCCC3)no2)cc1. The molecule has 0 radical (unpaired) electrons. The lowest BCUT2D eigenvalue weighted by Gasteiger charge is -2.21. The lowest BCUT2D eigenvalue weighted by molar-refractivity contribution is 0.0930. The molecule has 118 valence electrons. The zero-order valence-corrected chi connectivity index (χ0v) is 12.8. The van der Waals surface area contributed by atoms with Gasteiger partial charge < -0.3 is 9.84 Å². The summed E-state index contributed by atoms with van der Waals surface area (Å²) in [5, 5.41) is 15.4. The highest BCUT2D eigenvalue weighted by Crippen LogP contribution is 2.23. The molecule has 1 aromatic heterocycles. The van der Waals surface area contributed by atoms with Crippen molar-refractivity contribution in [2.24, 2.45) is 5.92 Å². The zero-order chi connectivity index (χ0) is 16.1. The van der Waals surface area contributed by atoms with Crippen LogP contribution in [-0.2, 0) is 0 Å². The van der Waals surface area contributed by atoms with Crippen LogP contribution in [0.5, 0.6) is 0 Å². The van der Waals surface area contributed by atoms with Gasteiger partial charge in [0.05, 0.1) is 11.6 Å². The van der Waals surface area contributed by atoms with Crippen LogP contribution < -0.4 is 5.32 Å². The van der Waals surface area contributed by atoms with Crippen LogP contribution in [0.4, 0.5) is 0 Å². The molecule has 0 unspecified atom stereocenters.